The highest BCUT2D eigenvalue weighted by Crippen LogP contribution is 2.30. The number of hydrogen-bond donors (Lipinski definition) is 3. The van der Waals surface area contributed by atoms with Crippen molar-refractivity contribution in [1.82, 2.24) is 5.06 Å². The largest absolute Gasteiger partial charge is 0.368 e. The lowest BCUT2D eigenvalue weighted by molar-refractivity contribution is 0.0110. The predicted octanol–water partition coefficient (Wildman–Crippen LogP) is 0.962. The van der Waals surface area contributed by atoms with Crippen molar-refractivity contribution in [3.05, 3.63) is 35.5 Å². The summed E-state index contributed by atoms with van der Waals surface area (Å²) in [4.78, 5) is 0. The molecule has 4 nitrogen and oxygen atoms in total. The molecule has 0 atom stereocenters. The summed E-state index contributed by atoms with van der Waals surface area (Å²) in [6.07, 6.45) is 6.48. The van der Waals surface area contributed by atoms with Gasteiger partial charge in [0.15, 0.2) is 6.17 Å². The van der Waals surface area contributed by atoms with Gasteiger partial charge in [0.25, 0.3) is 0 Å². The Hall–Kier alpha value is -1.62. The smallest absolute Gasteiger partial charge is 0.212 e. The van der Waals surface area contributed by atoms with Crippen LogP contribution in [0.1, 0.15) is 0 Å². The number of hydroxylamine groups is 2. The molecular weight excluding hydrogens is 185 g/mol. The normalized spacial score (nSPS) is 17.1. The van der Waals surface area contributed by atoms with Gasteiger partial charge in [-0.05, 0) is 11.1 Å². The highest BCUT2D eigenvalue weighted by Gasteiger charge is 2.23. The van der Waals surface area contributed by atoms with Crippen LogP contribution < -0.4 is 5.73 Å². The van der Waals surface area contributed by atoms with E-state index >= 15 is 0 Å². The zero-order valence-corrected chi connectivity index (χ0v) is 7.74. The van der Waals surface area contributed by atoms with Crippen molar-refractivity contribution < 1.29 is 9.60 Å². The van der Waals surface area contributed by atoms with Gasteiger partial charge in [-0.1, -0.05) is 24.3 Å². The molecule has 5 heteroatoms. The third-order valence-corrected chi connectivity index (χ3v) is 1.87. The van der Waals surface area contributed by atoms with E-state index in [1.165, 1.54) is 7.05 Å². The molecule has 2 bridgehead atoms. The molecule has 0 heterocycles. The van der Waals surface area contributed by atoms with Gasteiger partial charge in [0.1, 0.15) is 0 Å². The maximum Gasteiger partial charge on any atom is 0.212 e. The lowest BCUT2D eigenvalue weighted by atomic mass is 10.2. The minimum absolute atomic E-state index is 0.352. The van der Waals surface area contributed by atoms with Gasteiger partial charge in [0, 0.05) is 7.05 Å². The van der Waals surface area contributed by atoms with Crippen LogP contribution in [0.25, 0.3) is 0 Å². The van der Waals surface area contributed by atoms with Gasteiger partial charge < -0.3 is 5.73 Å². The quantitative estimate of drug-likeness (QED) is 0.307. The second kappa shape index (κ2) is 4.06. The molecule has 14 heavy (non-hydrogen) atoms. The van der Waals surface area contributed by atoms with Gasteiger partial charge in [-0.3, -0.25) is 10.6 Å². The summed E-state index contributed by atoms with van der Waals surface area (Å²) in [6.45, 7) is 0. The molecule has 0 fully saturated rings. The van der Waals surface area contributed by atoms with E-state index in [4.69, 9.17) is 16.4 Å². The van der Waals surface area contributed by atoms with Crippen molar-refractivity contribution in [2.45, 2.75) is 6.17 Å². The van der Waals surface area contributed by atoms with E-state index in [1.54, 1.807) is 0 Å². The Balaban J connectivity index is 0.000000149. The molecule has 0 amide bonds. The second-order valence-corrected chi connectivity index (χ2v) is 2.94. The van der Waals surface area contributed by atoms with Crippen molar-refractivity contribution in [2.75, 3.05) is 7.05 Å². The van der Waals surface area contributed by atoms with E-state index in [0.29, 0.717) is 5.06 Å². The van der Waals surface area contributed by atoms with Gasteiger partial charge in [-0.2, -0.15) is 0 Å². The fraction of sp³-hybridized carbons (Fsp3) is 0.222. The van der Waals surface area contributed by atoms with Crippen molar-refractivity contribution in [1.29, 1.82) is 5.41 Å². The monoisotopic (exact) mass is 197 g/mol. The predicted molar refractivity (Wildman–Crippen MR) is 51.7 cm³/mol. The number of nitrogens with one attached hydrogen (secondary N) is 1. The Morgan fingerprint density at radius 3 is 1.93 bits per heavy atom. The number of rotatable bonds is 0. The first-order chi connectivity index (χ1) is 6.52. The van der Waals surface area contributed by atoms with Crippen LogP contribution in [0.5, 0.6) is 0 Å². The molecular formula is C9H12FN3O. The second-order valence-electron chi connectivity index (χ2n) is 2.94. The maximum absolute atomic E-state index is 12.6. The van der Waals surface area contributed by atoms with Crippen LogP contribution in [0.3, 0.4) is 0 Å². The van der Waals surface area contributed by atoms with E-state index in [9.17, 15) is 4.39 Å². The third kappa shape index (κ3) is 2.20. The number of allylic oxidation sites excluding steroid dienone is 6. The summed E-state index contributed by atoms with van der Waals surface area (Å²) in [6, 6.07) is 0. The van der Waals surface area contributed by atoms with Crippen LogP contribution in [-0.2, 0) is 0 Å². The molecule has 4 N–H and O–H groups in total. The average Bonchev–Trinajstić information content (AvgIpc) is 2.65. The molecule has 2 aliphatic rings. The Morgan fingerprint density at radius 1 is 1.50 bits per heavy atom. The number of nitrogens with two attached hydrogens (primary N) is 1. The van der Waals surface area contributed by atoms with Crippen molar-refractivity contribution in [3.8, 4) is 0 Å². The minimum atomic E-state index is -0.796. The van der Waals surface area contributed by atoms with Crippen LogP contribution in [0, 0.1) is 5.41 Å². The van der Waals surface area contributed by atoms with E-state index in [-0.39, 0.29) is 5.96 Å². The van der Waals surface area contributed by atoms with Crippen molar-refractivity contribution in [3.63, 3.8) is 0 Å². The lowest BCUT2D eigenvalue weighted by Crippen LogP contribution is -2.29. The number of guanidine groups is 1. The maximum atomic E-state index is 12.6. The first-order valence-electron chi connectivity index (χ1n) is 4.03. The molecule has 2 aliphatic carbocycles. The Kier molecular flexibility index (Phi) is 3.03. The first-order valence-corrected chi connectivity index (χ1v) is 4.03. The summed E-state index contributed by atoms with van der Waals surface area (Å²) in [5, 5.41) is 15.0. The Labute approximate surface area is 81.3 Å². The highest BCUT2D eigenvalue weighted by atomic mass is 19.1. The third-order valence-electron chi connectivity index (χ3n) is 1.87. The SMILES string of the molecule is CN(O)C(=N)N.FC1C2=CC=C1C=C2. The standard InChI is InChI=1S/C7H5F.C2H7N3O/c8-7-5-1-2-6(7)4-3-5;1-5(6)2(3)4/h1-4,7H;6H,1H3,(H3,3,4). The summed E-state index contributed by atoms with van der Waals surface area (Å²) in [7, 11) is 1.28. The number of fused-ring (bicyclic) bond motifs is 2. The zero-order chi connectivity index (χ0) is 10.7. The van der Waals surface area contributed by atoms with Gasteiger partial charge in [0.05, 0.1) is 0 Å². The van der Waals surface area contributed by atoms with E-state index in [0.717, 1.165) is 11.1 Å². The Morgan fingerprint density at radius 2 is 1.86 bits per heavy atom. The lowest BCUT2D eigenvalue weighted by Gasteiger charge is -2.03. The van der Waals surface area contributed by atoms with Gasteiger partial charge >= 0.3 is 0 Å². The minimum Gasteiger partial charge on any atom is -0.368 e. The van der Waals surface area contributed by atoms with Crippen LogP contribution in [-0.4, -0.2) is 29.4 Å². The van der Waals surface area contributed by atoms with Crippen LogP contribution in [0.4, 0.5) is 4.39 Å². The number of hydrogen-bond acceptors (Lipinski definition) is 2. The molecule has 76 valence electrons. The van der Waals surface area contributed by atoms with Gasteiger partial charge in [0.2, 0.25) is 5.96 Å². The topological polar surface area (TPSA) is 73.3 Å². The van der Waals surface area contributed by atoms with Gasteiger partial charge in [-0.25, -0.2) is 9.45 Å². The molecule has 0 aromatic heterocycles. The van der Waals surface area contributed by atoms with Crippen LogP contribution in [0.15, 0.2) is 35.5 Å². The molecule has 0 radical (unpaired) electrons. The van der Waals surface area contributed by atoms with Crippen LogP contribution in [0.2, 0.25) is 0 Å². The number of halogens is 1. The average molecular weight is 197 g/mol. The molecule has 0 aromatic rings. The highest BCUT2D eigenvalue weighted by molar-refractivity contribution is 5.72. The van der Waals surface area contributed by atoms with Crippen molar-refractivity contribution in [2.24, 2.45) is 5.73 Å². The molecule has 0 unspecified atom stereocenters. The summed E-state index contributed by atoms with van der Waals surface area (Å²) < 4.78 is 12.6. The van der Waals surface area contributed by atoms with Gasteiger partial charge in [-0.15, -0.1) is 0 Å². The van der Waals surface area contributed by atoms with Crippen LogP contribution >= 0.6 is 0 Å². The summed E-state index contributed by atoms with van der Waals surface area (Å²) >= 11 is 0. The summed E-state index contributed by atoms with van der Waals surface area (Å²) in [5.41, 5.74) is 6.31. The van der Waals surface area contributed by atoms with E-state index in [1.807, 2.05) is 24.3 Å². The molecule has 0 aromatic carbocycles. The number of nitrogens with zero attached hydrogens (tertiary/aromatic N) is 1. The molecule has 2 rings (SSSR count). The zero-order valence-electron chi connectivity index (χ0n) is 7.74. The number of alkyl halides is 1. The molecule has 0 aliphatic heterocycles. The first kappa shape index (κ1) is 10.5. The van der Waals surface area contributed by atoms with Crippen molar-refractivity contribution >= 4 is 5.96 Å². The van der Waals surface area contributed by atoms with E-state index < -0.39 is 6.17 Å². The molecule has 0 spiro atoms. The molecule has 0 saturated carbocycles. The molecule has 0 saturated heterocycles. The fourth-order valence-electron chi connectivity index (χ4n) is 1.03. The van der Waals surface area contributed by atoms with E-state index in [2.05, 4.69) is 0 Å². The summed E-state index contributed by atoms with van der Waals surface area (Å²) in [5.74, 6) is -0.352. The Bertz CT molecular complexity index is 309. The fourth-order valence-corrected chi connectivity index (χ4v) is 1.03.